The maximum atomic E-state index is 14.6. The van der Waals surface area contributed by atoms with Gasteiger partial charge in [0.15, 0.2) is 8.32 Å². The summed E-state index contributed by atoms with van der Waals surface area (Å²) in [6.07, 6.45) is -1.78. The van der Waals surface area contributed by atoms with Gasteiger partial charge >= 0.3 is 6.09 Å². The second kappa shape index (κ2) is 14.6. The molecule has 0 saturated carbocycles. The fourth-order valence-electron chi connectivity index (χ4n) is 5.93. The van der Waals surface area contributed by atoms with Crippen molar-refractivity contribution in [2.75, 3.05) is 6.54 Å². The van der Waals surface area contributed by atoms with Gasteiger partial charge < -0.3 is 25.3 Å². The van der Waals surface area contributed by atoms with Crippen LogP contribution in [0.15, 0.2) is 72.8 Å². The Bertz CT molecular complexity index is 1690. The number of amides is 3. The zero-order valence-electron chi connectivity index (χ0n) is 30.1. The average molecular weight is 710 g/mol. The Morgan fingerprint density at radius 3 is 2.12 bits per heavy atom. The number of halogens is 2. The molecule has 4 rings (SSSR count). The van der Waals surface area contributed by atoms with E-state index in [4.69, 9.17) is 14.9 Å². The maximum Gasteiger partial charge on any atom is 0.410 e. The van der Waals surface area contributed by atoms with Crippen LogP contribution in [0.5, 0.6) is 0 Å². The van der Waals surface area contributed by atoms with Crippen molar-refractivity contribution >= 4 is 26.2 Å². The van der Waals surface area contributed by atoms with Gasteiger partial charge in [-0.2, -0.15) is 0 Å². The number of nitrogens with two attached hydrogens (primary N) is 1. The summed E-state index contributed by atoms with van der Waals surface area (Å²) in [4.78, 5) is 41.4. The average Bonchev–Trinajstić information content (AvgIpc) is 3.37. The number of benzene rings is 3. The van der Waals surface area contributed by atoms with Gasteiger partial charge in [-0.1, -0.05) is 57.2 Å². The van der Waals surface area contributed by atoms with Gasteiger partial charge in [0.05, 0.1) is 24.7 Å². The van der Waals surface area contributed by atoms with E-state index < -0.39 is 67.2 Å². The molecule has 0 radical (unpaired) electrons. The van der Waals surface area contributed by atoms with E-state index in [0.717, 1.165) is 6.07 Å². The first kappa shape index (κ1) is 38.7. The lowest BCUT2D eigenvalue weighted by molar-refractivity contribution is -0.000868. The number of hydrogen-bond donors (Lipinski definition) is 3. The number of carbonyl (C=O) groups excluding carboxylic acids is 3. The van der Waals surface area contributed by atoms with Crippen LogP contribution in [-0.2, 0) is 21.2 Å². The quantitative estimate of drug-likeness (QED) is 0.201. The highest BCUT2D eigenvalue weighted by molar-refractivity contribution is 6.74. The third-order valence-corrected chi connectivity index (χ3v) is 13.9. The van der Waals surface area contributed by atoms with E-state index in [1.165, 1.54) is 41.3 Å². The van der Waals surface area contributed by atoms with E-state index in [-0.39, 0.29) is 41.1 Å². The summed E-state index contributed by atoms with van der Waals surface area (Å²) in [5.74, 6) is -2.91. The van der Waals surface area contributed by atoms with Crippen LogP contribution >= 0.6 is 0 Å². The standard InChI is InChI=1S/C38H49F2N3O6Si/c1-36(2,3)48-35(46)43-23-38(47,27-15-10-9-11-16-27)22-31(43)32(49-50(7,8)37(4,5)6)30(19-24-17-28(39)21-29(40)18-24)42-34(45)26-14-12-13-25(20-26)33(41)44/h9-18,20-21,30-32,47H,19,22-23H2,1-8H3,(H2,41,44)(H,42,45)/t30-,31+,32-,38?/m0/s1. The molecule has 9 nitrogen and oxygen atoms in total. The number of likely N-dealkylation sites (tertiary alicyclic amines) is 1. The molecule has 0 aromatic heterocycles. The molecule has 1 saturated heterocycles. The molecular formula is C38H49F2N3O6Si. The third-order valence-electron chi connectivity index (χ3n) is 9.43. The Labute approximate surface area is 294 Å². The number of carbonyl (C=O) groups is 3. The molecule has 50 heavy (non-hydrogen) atoms. The second-order valence-electron chi connectivity index (χ2n) is 15.6. The van der Waals surface area contributed by atoms with Crippen molar-refractivity contribution in [3.63, 3.8) is 0 Å². The number of nitrogens with zero attached hydrogens (tertiary/aromatic N) is 1. The highest BCUT2D eigenvalue weighted by atomic mass is 28.4. The number of ether oxygens (including phenoxy) is 1. The van der Waals surface area contributed by atoms with Crippen LogP contribution < -0.4 is 11.1 Å². The number of hydrogen-bond acceptors (Lipinski definition) is 6. The van der Waals surface area contributed by atoms with Crippen LogP contribution in [-0.4, -0.2) is 66.6 Å². The Morgan fingerprint density at radius 1 is 0.960 bits per heavy atom. The molecular weight excluding hydrogens is 661 g/mol. The predicted octanol–water partition coefficient (Wildman–Crippen LogP) is 6.69. The minimum absolute atomic E-state index is 0.0105. The van der Waals surface area contributed by atoms with Crippen LogP contribution in [0.2, 0.25) is 18.1 Å². The van der Waals surface area contributed by atoms with Crippen LogP contribution in [0, 0.1) is 11.6 Å². The Hall–Kier alpha value is -4.13. The van der Waals surface area contributed by atoms with E-state index in [2.05, 4.69) is 5.32 Å². The molecule has 0 spiro atoms. The summed E-state index contributed by atoms with van der Waals surface area (Å²) in [7, 11) is -2.75. The second-order valence-corrected chi connectivity index (χ2v) is 20.4. The number of β-amino-alcohol motifs (C(OH)–C–C–N with tert-alkyl or cyclic N) is 1. The van der Waals surface area contributed by atoms with E-state index in [1.54, 1.807) is 45.0 Å². The summed E-state index contributed by atoms with van der Waals surface area (Å²) in [6.45, 7) is 15.3. The Balaban J connectivity index is 1.91. The zero-order valence-corrected chi connectivity index (χ0v) is 31.1. The molecule has 1 aliphatic rings. The van der Waals surface area contributed by atoms with Crippen molar-refractivity contribution in [3.05, 3.63) is 107 Å². The SMILES string of the molecule is CC(C)(C)OC(=O)N1CC(O)(c2ccccc2)C[C@@H]1[C@@H](O[Si](C)(C)C(C)(C)C)[C@H](Cc1cc(F)cc(F)c1)NC(=O)c1cccc(C(N)=O)c1. The van der Waals surface area contributed by atoms with Gasteiger partial charge in [-0.15, -0.1) is 0 Å². The van der Waals surface area contributed by atoms with Crippen molar-refractivity contribution in [2.45, 2.75) is 102 Å². The number of aliphatic hydroxyl groups is 1. The van der Waals surface area contributed by atoms with Gasteiger partial charge in [-0.05, 0) is 86.8 Å². The van der Waals surface area contributed by atoms with Gasteiger partial charge in [0.2, 0.25) is 5.91 Å². The summed E-state index contributed by atoms with van der Waals surface area (Å²) in [6, 6.07) is 16.1. The number of primary amides is 1. The third kappa shape index (κ3) is 9.35. The molecule has 3 aromatic rings. The molecule has 1 unspecified atom stereocenters. The molecule has 1 aliphatic heterocycles. The van der Waals surface area contributed by atoms with Crippen molar-refractivity contribution in [3.8, 4) is 0 Å². The van der Waals surface area contributed by atoms with Crippen LogP contribution in [0.4, 0.5) is 13.6 Å². The molecule has 4 atom stereocenters. The normalized spacial score (nSPS) is 19.5. The molecule has 0 bridgehead atoms. The van der Waals surface area contributed by atoms with E-state index in [1.807, 2.05) is 39.9 Å². The molecule has 4 N–H and O–H groups in total. The summed E-state index contributed by atoms with van der Waals surface area (Å²) in [5.41, 5.74) is 4.16. The zero-order chi connectivity index (χ0) is 37.2. The monoisotopic (exact) mass is 709 g/mol. The first-order valence-electron chi connectivity index (χ1n) is 16.7. The molecule has 1 heterocycles. The smallest absolute Gasteiger partial charge is 0.410 e. The fraction of sp³-hybridized carbons (Fsp3) is 0.447. The number of rotatable bonds is 10. The van der Waals surface area contributed by atoms with Crippen LogP contribution in [0.3, 0.4) is 0 Å². The molecule has 12 heteroatoms. The van der Waals surface area contributed by atoms with Crippen molar-refractivity contribution in [1.82, 2.24) is 10.2 Å². The van der Waals surface area contributed by atoms with Crippen LogP contribution in [0.1, 0.15) is 79.8 Å². The van der Waals surface area contributed by atoms with Gasteiger partial charge in [-0.3, -0.25) is 14.5 Å². The highest BCUT2D eigenvalue weighted by Gasteiger charge is 2.54. The molecule has 0 aliphatic carbocycles. The lowest BCUT2D eigenvalue weighted by atomic mass is 9.87. The minimum atomic E-state index is -2.75. The van der Waals surface area contributed by atoms with E-state index in [9.17, 15) is 28.3 Å². The lowest BCUT2D eigenvalue weighted by Gasteiger charge is -2.45. The van der Waals surface area contributed by atoms with Crippen molar-refractivity contribution in [2.24, 2.45) is 5.73 Å². The highest BCUT2D eigenvalue weighted by Crippen LogP contribution is 2.43. The number of nitrogens with one attached hydrogen (secondary N) is 1. The van der Waals surface area contributed by atoms with Crippen LogP contribution in [0.25, 0.3) is 0 Å². The summed E-state index contributed by atoms with van der Waals surface area (Å²) in [5, 5.41) is 14.9. The van der Waals surface area contributed by atoms with E-state index in [0.29, 0.717) is 5.56 Å². The van der Waals surface area contributed by atoms with Gasteiger partial charge in [0.25, 0.3) is 5.91 Å². The van der Waals surface area contributed by atoms with Crippen molar-refractivity contribution in [1.29, 1.82) is 0 Å². The predicted molar refractivity (Wildman–Crippen MR) is 190 cm³/mol. The first-order valence-corrected chi connectivity index (χ1v) is 19.6. The lowest BCUT2D eigenvalue weighted by Crippen LogP contribution is -2.60. The van der Waals surface area contributed by atoms with Gasteiger partial charge in [0, 0.05) is 23.6 Å². The molecule has 3 amide bonds. The minimum Gasteiger partial charge on any atom is -0.444 e. The topological polar surface area (TPSA) is 131 Å². The molecule has 270 valence electrons. The largest absolute Gasteiger partial charge is 0.444 e. The van der Waals surface area contributed by atoms with Gasteiger partial charge in [0.1, 0.15) is 22.8 Å². The Kier molecular flexibility index (Phi) is 11.3. The summed E-state index contributed by atoms with van der Waals surface area (Å²) < 4.78 is 42.1. The molecule has 1 fully saturated rings. The van der Waals surface area contributed by atoms with E-state index >= 15 is 0 Å². The maximum absolute atomic E-state index is 14.6. The first-order chi connectivity index (χ1) is 23.1. The van der Waals surface area contributed by atoms with Crippen molar-refractivity contribution < 1.29 is 37.4 Å². The summed E-state index contributed by atoms with van der Waals surface area (Å²) >= 11 is 0. The Morgan fingerprint density at radius 2 is 1.56 bits per heavy atom. The fourth-order valence-corrected chi connectivity index (χ4v) is 7.29. The van der Waals surface area contributed by atoms with Gasteiger partial charge in [-0.25, -0.2) is 13.6 Å². The molecule has 3 aromatic carbocycles.